The molecule has 1 saturated heterocycles. The van der Waals surface area contributed by atoms with E-state index in [1.165, 1.54) is 12.1 Å². The number of anilines is 2. The number of alkyl halides is 3. The van der Waals surface area contributed by atoms with Crippen molar-refractivity contribution in [2.75, 3.05) is 31.1 Å². The van der Waals surface area contributed by atoms with Gasteiger partial charge in [-0.2, -0.15) is 13.2 Å². The summed E-state index contributed by atoms with van der Waals surface area (Å²) in [6.07, 6.45) is -2.87. The third-order valence-corrected chi connectivity index (χ3v) is 6.81. The summed E-state index contributed by atoms with van der Waals surface area (Å²) in [6, 6.07) is 24.2. The second-order valence-corrected chi connectivity index (χ2v) is 9.15. The van der Waals surface area contributed by atoms with E-state index in [1.807, 2.05) is 36.4 Å². The molecule has 1 N–H and O–H groups in total. The van der Waals surface area contributed by atoms with Crippen LogP contribution in [0.25, 0.3) is 0 Å². The molecule has 0 atom stereocenters. The van der Waals surface area contributed by atoms with E-state index in [4.69, 9.17) is 11.6 Å². The Bertz CT molecular complexity index is 1030. The second kappa shape index (κ2) is 10.4. The van der Waals surface area contributed by atoms with E-state index in [2.05, 4.69) is 34.1 Å². The molecule has 0 spiro atoms. The number of hydrogen-bond acceptors (Lipinski definition) is 3. The summed E-state index contributed by atoms with van der Waals surface area (Å²) in [5.74, 6) is 0. The van der Waals surface area contributed by atoms with Crippen LogP contribution in [0.5, 0.6) is 0 Å². The number of para-hydroxylation sites is 2. The van der Waals surface area contributed by atoms with Crippen molar-refractivity contribution in [2.24, 2.45) is 0 Å². The van der Waals surface area contributed by atoms with Gasteiger partial charge in [-0.1, -0.05) is 54.1 Å². The fourth-order valence-electron chi connectivity index (χ4n) is 4.54. The topological polar surface area (TPSA) is 26.7 Å². The van der Waals surface area contributed by atoms with Crippen LogP contribution in [0.2, 0.25) is 5.02 Å². The average Bonchev–Trinajstić information content (AvgIpc) is 2.83. The maximum absolute atomic E-state index is 13.3. The predicted octanol–water partition coefficient (Wildman–Crippen LogP) is 6.87. The minimum Gasteiger partial charge on any atom is -0.385 e. The molecule has 3 aromatic rings. The summed E-state index contributed by atoms with van der Waals surface area (Å²) >= 11 is 5.75. The van der Waals surface area contributed by atoms with Gasteiger partial charge in [0, 0.05) is 31.0 Å². The Morgan fingerprint density at radius 3 is 1.97 bits per heavy atom. The van der Waals surface area contributed by atoms with Crippen LogP contribution in [0.4, 0.5) is 24.5 Å². The summed E-state index contributed by atoms with van der Waals surface area (Å²) < 4.78 is 39.8. The SMILES string of the molecule is OC1(c2ccc(Cl)c(C(F)(F)F)c2)CCN(CCCN(c2ccccc2)c2ccccc2)CC1. The molecule has 0 aliphatic carbocycles. The minimum atomic E-state index is -4.55. The standard InChI is InChI=1S/C27H28ClF3N2O/c28-25-13-12-21(20-24(25)27(29,30)31)26(34)14-18-32(19-15-26)16-7-17-33(22-8-3-1-4-9-22)23-10-5-2-6-11-23/h1-6,8-13,20,34H,7,14-19H2. The van der Waals surface area contributed by atoms with Crippen LogP contribution < -0.4 is 4.90 Å². The quantitative estimate of drug-likeness (QED) is 0.393. The van der Waals surface area contributed by atoms with Crippen molar-refractivity contribution in [3.8, 4) is 0 Å². The fourth-order valence-corrected chi connectivity index (χ4v) is 4.77. The van der Waals surface area contributed by atoms with Gasteiger partial charge < -0.3 is 14.9 Å². The third kappa shape index (κ3) is 5.74. The molecule has 1 heterocycles. The van der Waals surface area contributed by atoms with Gasteiger partial charge in [0.1, 0.15) is 0 Å². The Hall–Kier alpha value is -2.54. The smallest absolute Gasteiger partial charge is 0.385 e. The molecule has 34 heavy (non-hydrogen) atoms. The molecule has 0 aromatic heterocycles. The molecule has 1 fully saturated rings. The number of rotatable bonds is 7. The molecule has 1 aliphatic rings. The van der Waals surface area contributed by atoms with Crippen LogP contribution in [0.3, 0.4) is 0 Å². The van der Waals surface area contributed by atoms with Crippen molar-refractivity contribution in [1.29, 1.82) is 0 Å². The molecule has 0 radical (unpaired) electrons. The van der Waals surface area contributed by atoms with Crippen molar-refractivity contribution in [3.05, 3.63) is 95.0 Å². The molecule has 0 amide bonds. The highest BCUT2D eigenvalue weighted by molar-refractivity contribution is 6.31. The molecular formula is C27H28ClF3N2O. The number of hydrogen-bond donors (Lipinski definition) is 1. The first-order valence-corrected chi connectivity index (χ1v) is 11.8. The van der Waals surface area contributed by atoms with E-state index in [9.17, 15) is 18.3 Å². The lowest BCUT2D eigenvalue weighted by atomic mass is 9.83. The van der Waals surface area contributed by atoms with E-state index >= 15 is 0 Å². The molecular weight excluding hydrogens is 461 g/mol. The Kier molecular flexibility index (Phi) is 7.51. The van der Waals surface area contributed by atoms with Gasteiger partial charge in [-0.15, -0.1) is 0 Å². The summed E-state index contributed by atoms with van der Waals surface area (Å²) in [5.41, 5.74) is 0.365. The summed E-state index contributed by atoms with van der Waals surface area (Å²) in [5, 5.41) is 10.8. The maximum Gasteiger partial charge on any atom is 0.417 e. The van der Waals surface area contributed by atoms with Crippen molar-refractivity contribution in [3.63, 3.8) is 0 Å². The van der Waals surface area contributed by atoms with Crippen molar-refractivity contribution in [1.82, 2.24) is 4.90 Å². The van der Waals surface area contributed by atoms with Crippen molar-refractivity contribution < 1.29 is 18.3 Å². The van der Waals surface area contributed by atoms with Crippen LogP contribution in [-0.4, -0.2) is 36.2 Å². The van der Waals surface area contributed by atoms with Gasteiger partial charge >= 0.3 is 6.18 Å². The maximum atomic E-state index is 13.3. The van der Waals surface area contributed by atoms with Crippen LogP contribution in [0.1, 0.15) is 30.4 Å². The van der Waals surface area contributed by atoms with Crippen LogP contribution in [0.15, 0.2) is 78.9 Å². The number of piperidine rings is 1. The molecule has 1 aliphatic heterocycles. The zero-order chi connectivity index (χ0) is 24.2. The lowest BCUT2D eigenvalue weighted by Crippen LogP contribution is -2.43. The molecule has 4 rings (SSSR count). The fraction of sp³-hybridized carbons (Fsp3) is 0.333. The Morgan fingerprint density at radius 2 is 1.44 bits per heavy atom. The zero-order valence-corrected chi connectivity index (χ0v) is 19.6. The lowest BCUT2D eigenvalue weighted by Gasteiger charge is -2.39. The average molecular weight is 489 g/mol. The highest BCUT2D eigenvalue weighted by Crippen LogP contribution is 2.40. The van der Waals surface area contributed by atoms with Gasteiger partial charge in [0.2, 0.25) is 0 Å². The van der Waals surface area contributed by atoms with Crippen LogP contribution in [0, 0.1) is 0 Å². The Labute approximate surface area is 203 Å². The van der Waals surface area contributed by atoms with E-state index in [0.29, 0.717) is 25.9 Å². The lowest BCUT2D eigenvalue weighted by molar-refractivity contribution is -0.137. The summed E-state index contributed by atoms with van der Waals surface area (Å²) in [4.78, 5) is 4.55. The number of likely N-dealkylation sites (tertiary alicyclic amines) is 1. The first-order chi connectivity index (χ1) is 16.3. The van der Waals surface area contributed by atoms with Gasteiger partial charge in [-0.05, 0) is 67.8 Å². The monoisotopic (exact) mass is 488 g/mol. The second-order valence-electron chi connectivity index (χ2n) is 8.74. The molecule has 0 bridgehead atoms. The van der Waals surface area contributed by atoms with E-state index in [-0.39, 0.29) is 10.6 Å². The molecule has 0 saturated carbocycles. The molecule has 7 heteroatoms. The Morgan fingerprint density at radius 1 is 0.882 bits per heavy atom. The molecule has 180 valence electrons. The van der Waals surface area contributed by atoms with Gasteiger partial charge in [0.05, 0.1) is 16.2 Å². The first-order valence-electron chi connectivity index (χ1n) is 11.5. The number of benzene rings is 3. The predicted molar refractivity (Wildman–Crippen MR) is 131 cm³/mol. The summed E-state index contributed by atoms with van der Waals surface area (Å²) in [7, 11) is 0. The number of halogens is 4. The largest absolute Gasteiger partial charge is 0.417 e. The molecule has 3 nitrogen and oxygen atoms in total. The van der Waals surface area contributed by atoms with E-state index < -0.39 is 17.3 Å². The van der Waals surface area contributed by atoms with E-state index in [0.717, 1.165) is 37.0 Å². The van der Waals surface area contributed by atoms with Gasteiger partial charge in [0.25, 0.3) is 0 Å². The Balaban J connectivity index is 1.36. The van der Waals surface area contributed by atoms with Gasteiger partial charge in [0.15, 0.2) is 0 Å². The third-order valence-electron chi connectivity index (χ3n) is 6.48. The minimum absolute atomic E-state index is 0.281. The van der Waals surface area contributed by atoms with Gasteiger partial charge in [-0.25, -0.2) is 0 Å². The molecule has 0 unspecified atom stereocenters. The zero-order valence-electron chi connectivity index (χ0n) is 18.8. The normalized spacial score (nSPS) is 16.4. The molecule has 3 aromatic carbocycles. The van der Waals surface area contributed by atoms with E-state index in [1.54, 1.807) is 0 Å². The highest BCUT2D eigenvalue weighted by atomic mass is 35.5. The first kappa shape index (κ1) is 24.6. The highest BCUT2D eigenvalue weighted by Gasteiger charge is 2.38. The van der Waals surface area contributed by atoms with Crippen molar-refractivity contribution in [2.45, 2.75) is 31.0 Å². The number of aliphatic hydroxyl groups is 1. The summed E-state index contributed by atoms with van der Waals surface area (Å²) in [6.45, 7) is 2.93. The number of nitrogens with zero attached hydrogens (tertiary/aromatic N) is 2. The van der Waals surface area contributed by atoms with Crippen molar-refractivity contribution >= 4 is 23.0 Å². The van der Waals surface area contributed by atoms with Crippen LogP contribution in [-0.2, 0) is 11.8 Å². The van der Waals surface area contributed by atoms with Crippen LogP contribution >= 0.6 is 11.6 Å². The van der Waals surface area contributed by atoms with Gasteiger partial charge in [-0.3, -0.25) is 0 Å².